The van der Waals surface area contributed by atoms with Crippen molar-refractivity contribution in [2.75, 3.05) is 0 Å². The highest BCUT2D eigenvalue weighted by atomic mass is 16.4. The molecular weight excluding hydrogens is 142 g/mol. The lowest BCUT2D eigenvalue weighted by atomic mass is 10.4. The van der Waals surface area contributed by atoms with Gasteiger partial charge in [-0.15, -0.1) is 0 Å². The van der Waals surface area contributed by atoms with Gasteiger partial charge in [-0.05, 0) is 13.8 Å². The Hall–Kier alpha value is -1.32. The fourth-order valence-electron chi connectivity index (χ4n) is 0.913. The summed E-state index contributed by atoms with van der Waals surface area (Å²) >= 11 is 0. The highest BCUT2D eigenvalue weighted by Gasteiger charge is 2.01. The molecule has 0 saturated carbocycles. The number of hydrogen-bond acceptors (Lipinski definition) is 3. The van der Waals surface area contributed by atoms with Crippen LogP contribution in [-0.2, 0) is 0 Å². The number of nitrogens with zero attached hydrogens (tertiary/aromatic N) is 3. The lowest BCUT2D eigenvalue weighted by Crippen LogP contribution is -2.04. The Bertz CT molecular complexity index is 252. The molecule has 0 aromatic carbocycles. The van der Waals surface area contributed by atoms with E-state index in [1.165, 1.54) is 6.21 Å². The molecule has 4 heteroatoms. The fraction of sp³-hybridized carbons (Fsp3) is 0.429. The second kappa shape index (κ2) is 3.18. The predicted molar refractivity (Wildman–Crippen MR) is 42.0 cm³/mol. The summed E-state index contributed by atoms with van der Waals surface area (Å²) < 4.78 is 1.92. The molecule has 0 radical (unpaired) electrons. The normalized spacial score (nSPS) is 11.5. The van der Waals surface area contributed by atoms with Crippen LogP contribution in [0.5, 0.6) is 0 Å². The molecule has 0 spiro atoms. The van der Waals surface area contributed by atoms with E-state index in [0.717, 1.165) is 0 Å². The van der Waals surface area contributed by atoms with Crippen molar-refractivity contribution in [2.24, 2.45) is 5.16 Å². The van der Waals surface area contributed by atoms with Gasteiger partial charge in [0.25, 0.3) is 0 Å². The van der Waals surface area contributed by atoms with Crippen molar-refractivity contribution in [1.82, 2.24) is 9.55 Å². The third-order valence-corrected chi connectivity index (χ3v) is 1.43. The van der Waals surface area contributed by atoms with Crippen molar-refractivity contribution < 1.29 is 5.21 Å². The second-order valence-electron chi connectivity index (χ2n) is 2.53. The minimum Gasteiger partial charge on any atom is -0.411 e. The zero-order valence-electron chi connectivity index (χ0n) is 6.60. The summed E-state index contributed by atoms with van der Waals surface area (Å²) in [6.07, 6.45) is 4.85. The van der Waals surface area contributed by atoms with Crippen molar-refractivity contribution in [3.8, 4) is 0 Å². The van der Waals surface area contributed by atoms with Crippen molar-refractivity contribution in [2.45, 2.75) is 19.9 Å². The minimum absolute atomic E-state index is 0.338. The predicted octanol–water partition coefficient (Wildman–Crippen LogP) is 1.27. The molecule has 1 aromatic rings. The Kier molecular flexibility index (Phi) is 2.25. The number of aromatic nitrogens is 2. The van der Waals surface area contributed by atoms with E-state index in [1.807, 2.05) is 24.6 Å². The van der Waals surface area contributed by atoms with Crippen LogP contribution in [0.25, 0.3) is 0 Å². The van der Waals surface area contributed by atoms with Crippen LogP contribution in [0, 0.1) is 0 Å². The lowest BCUT2D eigenvalue weighted by molar-refractivity contribution is 0.321. The molecule has 0 bridgehead atoms. The van der Waals surface area contributed by atoms with Crippen LogP contribution in [0.1, 0.15) is 25.7 Å². The van der Waals surface area contributed by atoms with E-state index in [2.05, 4.69) is 10.1 Å². The molecule has 0 amide bonds. The second-order valence-corrected chi connectivity index (χ2v) is 2.53. The van der Waals surface area contributed by atoms with E-state index in [4.69, 9.17) is 5.21 Å². The summed E-state index contributed by atoms with van der Waals surface area (Å²) in [5, 5.41) is 11.2. The van der Waals surface area contributed by atoms with E-state index in [-0.39, 0.29) is 0 Å². The number of imidazole rings is 1. The summed E-state index contributed by atoms with van der Waals surface area (Å²) in [5.41, 5.74) is 0. The minimum atomic E-state index is 0.338. The van der Waals surface area contributed by atoms with Crippen molar-refractivity contribution in [3.63, 3.8) is 0 Å². The van der Waals surface area contributed by atoms with Gasteiger partial charge >= 0.3 is 0 Å². The molecule has 1 heterocycles. The molecule has 11 heavy (non-hydrogen) atoms. The summed E-state index contributed by atoms with van der Waals surface area (Å²) in [4.78, 5) is 3.98. The van der Waals surface area contributed by atoms with Crippen LogP contribution in [0.15, 0.2) is 17.5 Å². The van der Waals surface area contributed by atoms with E-state index >= 15 is 0 Å². The van der Waals surface area contributed by atoms with Gasteiger partial charge in [0.1, 0.15) is 6.21 Å². The largest absolute Gasteiger partial charge is 0.411 e. The first-order chi connectivity index (χ1) is 5.25. The standard InChI is InChI=1S/C7H11N3O/c1-6(2)10-4-3-8-7(10)5-9-11/h3-6,11H,1-2H3/b9-5+. The van der Waals surface area contributed by atoms with Crippen molar-refractivity contribution in [3.05, 3.63) is 18.2 Å². The lowest BCUT2D eigenvalue weighted by Gasteiger charge is -2.07. The average molecular weight is 153 g/mol. The fourth-order valence-corrected chi connectivity index (χ4v) is 0.913. The van der Waals surface area contributed by atoms with Crippen LogP contribution < -0.4 is 0 Å². The Morgan fingerprint density at radius 2 is 2.45 bits per heavy atom. The van der Waals surface area contributed by atoms with E-state index in [9.17, 15) is 0 Å². The van der Waals surface area contributed by atoms with E-state index < -0.39 is 0 Å². The molecule has 0 fully saturated rings. The summed E-state index contributed by atoms with van der Waals surface area (Å²) in [7, 11) is 0. The first-order valence-corrected chi connectivity index (χ1v) is 3.46. The van der Waals surface area contributed by atoms with E-state index in [1.54, 1.807) is 6.20 Å². The van der Waals surface area contributed by atoms with Gasteiger partial charge in [-0.1, -0.05) is 5.16 Å². The maximum absolute atomic E-state index is 8.26. The molecule has 0 unspecified atom stereocenters. The SMILES string of the molecule is CC(C)n1ccnc1/C=N/O. The smallest absolute Gasteiger partial charge is 0.154 e. The Morgan fingerprint density at radius 3 is 3.00 bits per heavy atom. The van der Waals surface area contributed by atoms with Gasteiger partial charge in [-0.25, -0.2) is 4.98 Å². The zero-order valence-corrected chi connectivity index (χ0v) is 6.60. The average Bonchev–Trinajstić information content (AvgIpc) is 2.36. The number of hydrogen-bond donors (Lipinski definition) is 1. The molecule has 60 valence electrons. The Labute approximate surface area is 65.2 Å². The van der Waals surface area contributed by atoms with E-state index in [0.29, 0.717) is 11.9 Å². The maximum Gasteiger partial charge on any atom is 0.154 e. The Morgan fingerprint density at radius 1 is 1.73 bits per heavy atom. The Balaban J connectivity index is 2.96. The quantitative estimate of drug-likeness (QED) is 0.395. The highest BCUT2D eigenvalue weighted by molar-refractivity contribution is 5.74. The molecule has 0 atom stereocenters. The van der Waals surface area contributed by atoms with Gasteiger partial charge in [-0.3, -0.25) is 0 Å². The van der Waals surface area contributed by atoms with Gasteiger partial charge in [0.15, 0.2) is 5.82 Å². The van der Waals surface area contributed by atoms with Crippen LogP contribution >= 0.6 is 0 Å². The van der Waals surface area contributed by atoms with Gasteiger partial charge in [0.2, 0.25) is 0 Å². The van der Waals surface area contributed by atoms with Crippen molar-refractivity contribution >= 4 is 6.21 Å². The molecule has 1 aromatic heterocycles. The molecule has 0 saturated heterocycles. The molecular formula is C7H11N3O. The number of rotatable bonds is 2. The van der Waals surface area contributed by atoms with Crippen LogP contribution in [0.4, 0.5) is 0 Å². The first kappa shape index (κ1) is 7.78. The third kappa shape index (κ3) is 1.58. The highest BCUT2D eigenvalue weighted by Crippen LogP contribution is 2.05. The summed E-state index contributed by atoms with van der Waals surface area (Å²) in [5.74, 6) is 0.669. The van der Waals surface area contributed by atoms with Crippen LogP contribution in [-0.4, -0.2) is 21.0 Å². The van der Waals surface area contributed by atoms with Gasteiger partial charge in [0, 0.05) is 18.4 Å². The van der Waals surface area contributed by atoms with Crippen LogP contribution in [0.2, 0.25) is 0 Å². The molecule has 0 aliphatic heterocycles. The van der Waals surface area contributed by atoms with Gasteiger partial charge in [-0.2, -0.15) is 0 Å². The third-order valence-electron chi connectivity index (χ3n) is 1.43. The zero-order chi connectivity index (χ0) is 8.27. The molecule has 4 nitrogen and oxygen atoms in total. The number of oxime groups is 1. The molecule has 1 rings (SSSR count). The summed E-state index contributed by atoms with van der Waals surface area (Å²) in [6, 6.07) is 0.338. The molecule has 1 N–H and O–H groups in total. The van der Waals surface area contributed by atoms with Crippen molar-refractivity contribution in [1.29, 1.82) is 0 Å². The maximum atomic E-state index is 8.26. The first-order valence-electron chi connectivity index (χ1n) is 3.46. The van der Waals surface area contributed by atoms with Crippen LogP contribution in [0.3, 0.4) is 0 Å². The molecule has 0 aliphatic carbocycles. The molecule has 0 aliphatic rings. The van der Waals surface area contributed by atoms with Gasteiger partial charge in [0.05, 0.1) is 0 Å². The summed E-state index contributed by atoms with van der Waals surface area (Å²) in [6.45, 7) is 4.08. The van der Waals surface area contributed by atoms with Gasteiger partial charge < -0.3 is 9.77 Å². The monoisotopic (exact) mass is 153 g/mol. The topological polar surface area (TPSA) is 50.4 Å².